The Labute approximate surface area is 319 Å². The minimum absolute atomic E-state index is 0. The number of fused-ring (bicyclic) bond motifs is 4. The number of benzene rings is 1. The van der Waals surface area contributed by atoms with Gasteiger partial charge in [-0.1, -0.05) is 160 Å². The van der Waals surface area contributed by atoms with Crippen LogP contribution in [0.15, 0.2) is 90.1 Å². The Kier molecular flexibility index (Phi) is 13.3. The van der Waals surface area contributed by atoms with Crippen molar-refractivity contribution < 1.29 is 30.2 Å². The van der Waals surface area contributed by atoms with Gasteiger partial charge < -0.3 is 17.3 Å². The van der Waals surface area contributed by atoms with Crippen molar-refractivity contribution in [3.05, 3.63) is 114 Å². The van der Waals surface area contributed by atoms with Gasteiger partial charge in [0.2, 0.25) is 0 Å². The zero-order chi connectivity index (χ0) is 35.6. The second kappa shape index (κ2) is 15.3. The fraction of sp³-hybridized carbons (Fsp3) is 0.537. The molecule has 276 valence electrons. The fourth-order valence-electron chi connectivity index (χ4n) is 9.26. The molecular formula is C41H57Cl2F3N2SiTi-2. The Balaban J connectivity index is 0.00000131. The molecule has 1 aliphatic heterocycles. The van der Waals surface area contributed by atoms with Crippen LogP contribution >= 0.6 is 18.6 Å². The Bertz CT molecular complexity index is 1510. The van der Waals surface area contributed by atoms with E-state index in [2.05, 4.69) is 128 Å². The second-order valence-electron chi connectivity index (χ2n) is 17.0. The van der Waals surface area contributed by atoms with E-state index in [0.717, 1.165) is 11.1 Å². The Morgan fingerprint density at radius 2 is 1.26 bits per heavy atom. The van der Waals surface area contributed by atoms with Crippen molar-refractivity contribution in [1.82, 2.24) is 4.57 Å². The Hall–Kier alpha value is -1.12. The third-order valence-electron chi connectivity index (χ3n) is 11.2. The first-order valence-corrected chi connectivity index (χ1v) is 24.3. The van der Waals surface area contributed by atoms with Crippen LogP contribution in [0.5, 0.6) is 0 Å². The number of halogens is 5. The molecule has 2 nitrogen and oxygen atoms in total. The maximum atomic E-state index is 13.4. The van der Waals surface area contributed by atoms with Crippen LogP contribution in [0.4, 0.5) is 13.2 Å². The molecule has 1 heterocycles. The van der Waals surface area contributed by atoms with Crippen molar-refractivity contribution in [3.8, 4) is 0 Å². The molecule has 2 fully saturated rings. The summed E-state index contributed by atoms with van der Waals surface area (Å²) in [6.07, 6.45) is 17.2. The van der Waals surface area contributed by atoms with Crippen molar-refractivity contribution in [2.45, 2.75) is 105 Å². The van der Waals surface area contributed by atoms with Crippen LogP contribution in [-0.2, 0) is 23.2 Å². The van der Waals surface area contributed by atoms with E-state index in [1.807, 2.05) is 0 Å². The van der Waals surface area contributed by atoms with Crippen LogP contribution in [-0.4, -0.2) is 30.5 Å². The number of alkyl halides is 3. The molecule has 6 atom stereocenters. The number of hydrogen-bond donors (Lipinski definition) is 0. The molecule has 0 aromatic heterocycles. The van der Waals surface area contributed by atoms with Crippen LogP contribution in [0.3, 0.4) is 0 Å². The van der Waals surface area contributed by atoms with Gasteiger partial charge in [-0.3, -0.25) is 0 Å². The summed E-state index contributed by atoms with van der Waals surface area (Å²) in [6, 6.07) is 5.57. The monoisotopic (exact) mass is 780 g/mol. The van der Waals surface area contributed by atoms with E-state index in [1.54, 1.807) is 12.1 Å². The average Bonchev–Trinajstić information content (AvgIpc) is 3.46. The molecule has 0 N–H and O–H groups in total. The van der Waals surface area contributed by atoms with Crippen molar-refractivity contribution in [2.75, 3.05) is 0 Å². The first kappa shape index (κ1) is 43.3. The van der Waals surface area contributed by atoms with Gasteiger partial charge in [-0.25, -0.2) is 0 Å². The number of nitrogens with zero attached hydrogens (tertiary/aromatic N) is 2. The quantitative estimate of drug-likeness (QED) is 0.221. The normalized spacial score (nSPS) is 29.9. The average molecular weight is 782 g/mol. The maximum absolute atomic E-state index is 13.4. The van der Waals surface area contributed by atoms with Crippen LogP contribution in [0, 0.1) is 41.9 Å². The first-order chi connectivity index (χ1) is 22.1. The third kappa shape index (κ3) is 8.17. The van der Waals surface area contributed by atoms with Gasteiger partial charge >= 0.3 is 41.8 Å². The summed E-state index contributed by atoms with van der Waals surface area (Å²) in [5.41, 5.74) is 4.26. The van der Waals surface area contributed by atoms with Gasteiger partial charge in [0.1, 0.15) is 8.24 Å². The van der Waals surface area contributed by atoms with Crippen molar-refractivity contribution in [1.29, 1.82) is 0 Å². The first-order valence-electron chi connectivity index (χ1n) is 17.0. The predicted octanol–water partition coefficient (Wildman–Crippen LogP) is 13.4. The van der Waals surface area contributed by atoms with Gasteiger partial charge in [-0.05, 0) is 68.9 Å². The molecule has 6 rings (SSSR count). The summed E-state index contributed by atoms with van der Waals surface area (Å²) in [7, 11) is 7.49. The van der Waals surface area contributed by atoms with Crippen LogP contribution in [0.25, 0.3) is 10.9 Å². The second-order valence-corrected chi connectivity index (χ2v) is 24.1. The molecule has 0 spiro atoms. The minimum atomic E-state index is -4.35. The van der Waals surface area contributed by atoms with E-state index >= 15 is 0 Å². The molecule has 5 unspecified atom stereocenters. The molecule has 1 saturated heterocycles. The summed E-state index contributed by atoms with van der Waals surface area (Å²) < 4.78 is 42.9. The van der Waals surface area contributed by atoms with Crippen molar-refractivity contribution >= 4 is 32.4 Å². The number of hydrogen-bond acceptors (Lipinski definition) is 1. The van der Waals surface area contributed by atoms with E-state index in [9.17, 15) is 13.2 Å². The van der Waals surface area contributed by atoms with Gasteiger partial charge in [-0.2, -0.15) is 13.2 Å². The number of allylic oxidation sites excluding steroid dienone is 10. The topological polar surface area (TPSA) is 17.3 Å². The third-order valence-corrected chi connectivity index (χ3v) is 15.7. The molecule has 4 aliphatic carbocycles. The Morgan fingerprint density at radius 1 is 0.800 bits per heavy atom. The molecule has 0 radical (unpaired) electrons. The van der Waals surface area contributed by atoms with Crippen LogP contribution in [0.1, 0.15) is 73.9 Å². The Morgan fingerprint density at radius 3 is 1.68 bits per heavy atom. The van der Waals surface area contributed by atoms with E-state index < -0.39 is 42.7 Å². The van der Waals surface area contributed by atoms with Crippen LogP contribution < -0.4 is 0 Å². The van der Waals surface area contributed by atoms with Gasteiger partial charge in [0.15, 0.2) is 0 Å². The van der Waals surface area contributed by atoms with Crippen molar-refractivity contribution in [2.24, 2.45) is 34.5 Å². The molecule has 1 aromatic rings. The van der Waals surface area contributed by atoms with Gasteiger partial charge in [0, 0.05) is 6.04 Å². The summed E-state index contributed by atoms with van der Waals surface area (Å²) in [6.45, 7) is 23.5. The number of rotatable bonds is 3. The molecular weight excluding hydrogens is 724 g/mol. The van der Waals surface area contributed by atoms with Gasteiger partial charge in [0.25, 0.3) is 0 Å². The summed E-state index contributed by atoms with van der Waals surface area (Å²) in [4.78, 5) is 0. The molecule has 0 amide bonds. The standard InChI is InChI=1S/C39H50F3N2Si.CH4.CH3.2ClH.Ti/c1-36(2,3)26-18-20-29-30-21-19-27(37(4,5)6)23-32(30)35(31(29)22-26)45(9,10)44-33-13-11-12-28(34(33)43-38(44,7)8)24-14-16-25(17-15-24)39(40,41)42;;;;;/h11-23,29-35H,1-10H3;1H4;1H3;2*1H;/q-1;;-1;;;+2/p-2/t29?,30?,31?,32?,33-,34?,35?;;;;;/m1...../s1. The zero-order valence-electron chi connectivity index (χ0n) is 30.8. The van der Waals surface area contributed by atoms with E-state index in [-0.39, 0.29) is 37.8 Å². The van der Waals surface area contributed by atoms with Gasteiger partial charge in [-0.15, -0.1) is 0 Å². The summed E-state index contributed by atoms with van der Waals surface area (Å²) in [5.74, 6) is 1.81. The molecule has 1 saturated carbocycles. The fourth-order valence-corrected chi connectivity index (χ4v) is 14.6. The summed E-state index contributed by atoms with van der Waals surface area (Å²) >= 11 is -0.556. The zero-order valence-corrected chi connectivity index (χ0v) is 34.9. The van der Waals surface area contributed by atoms with Crippen molar-refractivity contribution in [3.63, 3.8) is 0 Å². The SMILES string of the molecule is C.CC(C)(C)C1=CC2C(C=C1)C1C=CC(C(C)(C)C)=CC1C2[Si](C)(C)N1[C@@H]2C=CC=C(c3ccc(C(F)(F)F)cc3)C2[N-]C1(C)C.[CH3-].[Cl][Ti][Cl]. The molecule has 1 aromatic carbocycles. The molecule has 50 heavy (non-hydrogen) atoms. The molecule has 9 heteroatoms. The molecule has 5 aliphatic rings. The molecule has 0 bridgehead atoms. The van der Waals surface area contributed by atoms with E-state index in [4.69, 9.17) is 23.9 Å². The van der Waals surface area contributed by atoms with E-state index in [1.165, 1.54) is 23.3 Å². The summed E-state index contributed by atoms with van der Waals surface area (Å²) in [5, 5.41) is 5.47. The predicted molar refractivity (Wildman–Crippen MR) is 209 cm³/mol. The van der Waals surface area contributed by atoms with Gasteiger partial charge in [0.05, 0.1) is 5.56 Å². The van der Waals surface area contributed by atoms with Crippen LogP contribution in [0.2, 0.25) is 18.6 Å². The van der Waals surface area contributed by atoms with E-state index in [0.29, 0.717) is 29.2 Å².